The van der Waals surface area contributed by atoms with Crippen molar-refractivity contribution in [3.63, 3.8) is 0 Å². The number of thiophene rings is 1. The van der Waals surface area contributed by atoms with Crippen LogP contribution in [0.4, 0.5) is 4.39 Å². The Balaban J connectivity index is 1.51. The Kier molecular flexibility index (Phi) is 4.29. The molecule has 5 aromatic rings. The molecule has 0 aliphatic heterocycles. The van der Waals surface area contributed by atoms with Crippen molar-refractivity contribution in [2.75, 3.05) is 0 Å². The average molecular weight is 402 g/mol. The molecule has 0 fully saturated rings. The third kappa shape index (κ3) is 3.25. The highest BCUT2D eigenvalue weighted by molar-refractivity contribution is 7.17. The Morgan fingerprint density at radius 3 is 2.55 bits per heavy atom. The summed E-state index contributed by atoms with van der Waals surface area (Å²) in [5, 5.41) is 6.68. The fraction of sp³-hybridized carbons (Fsp3) is 0.0455. The fourth-order valence-corrected chi connectivity index (χ4v) is 4.20. The Labute approximate surface area is 169 Å². The van der Waals surface area contributed by atoms with Gasteiger partial charge >= 0.3 is 0 Å². The van der Waals surface area contributed by atoms with Crippen LogP contribution in [0.15, 0.2) is 83.5 Å². The van der Waals surface area contributed by atoms with E-state index < -0.39 is 0 Å². The number of hydrogen-bond acceptors (Lipinski definition) is 4. The lowest BCUT2D eigenvalue weighted by molar-refractivity contribution is 0.628. The minimum atomic E-state index is -0.303. The number of fused-ring (bicyclic) bond motifs is 1. The van der Waals surface area contributed by atoms with E-state index in [-0.39, 0.29) is 11.4 Å². The molecule has 0 amide bonds. The summed E-state index contributed by atoms with van der Waals surface area (Å²) in [4.78, 5) is 18.3. The maximum Gasteiger partial charge on any atom is 0.263 e. The van der Waals surface area contributed by atoms with Crippen LogP contribution >= 0.6 is 11.3 Å². The smallest absolute Gasteiger partial charge is 0.263 e. The monoisotopic (exact) mass is 402 g/mol. The fourth-order valence-electron chi connectivity index (χ4n) is 3.29. The minimum Gasteiger partial charge on any atom is -0.294 e. The third-order valence-corrected chi connectivity index (χ3v) is 5.66. The van der Waals surface area contributed by atoms with E-state index in [0.29, 0.717) is 16.8 Å². The lowest BCUT2D eigenvalue weighted by Gasteiger charge is -2.08. The number of nitrogens with zero attached hydrogens (tertiary/aromatic N) is 4. The van der Waals surface area contributed by atoms with Crippen molar-refractivity contribution >= 4 is 21.6 Å². The van der Waals surface area contributed by atoms with E-state index in [0.717, 1.165) is 22.4 Å². The average Bonchev–Trinajstić information content (AvgIpc) is 3.42. The Morgan fingerprint density at radius 1 is 1.03 bits per heavy atom. The minimum absolute atomic E-state index is 0.105. The highest BCUT2D eigenvalue weighted by atomic mass is 32.1. The molecule has 0 saturated heterocycles. The number of halogens is 1. The second kappa shape index (κ2) is 7.10. The maximum absolute atomic E-state index is 13.3. The molecule has 0 N–H and O–H groups in total. The second-order valence-electron chi connectivity index (χ2n) is 6.63. The summed E-state index contributed by atoms with van der Waals surface area (Å²) >= 11 is 1.41. The van der Waals surface area contributed by atoms with Crippen LogP contribution in [-0.4, -0.2) is 19.3 Å². The van der Waals surface area contributed by atoms with Crippen LogP contribution in [0.25, 0.3) is 27.0 Å². The van der Waals surface area contributed by atoms with Crippen molar-refractivity contribution in [1.82, 2.24) is 19.3 Å². The molecule has 0 spiro atoms. The van der Waals surface area contributed by atoms with Gasteiger partial charge in [-0.25, -0.2) is 14.1 Å². The number of rotatable bonds is 4. The molecule has 0 atom stereocenters. The van der Waals surface area contributed by atoms with Crippen molar-refractivity contribution in [3.05, 3.63) is 100 Å². The van der Waals surface area contributed by atoms with Gasteiger partial charge in [-0.2, -0.15) is 5.10 Å². The van der Waals surface area contributed by atoms with Crippen LogP contribution < -0.4 is 5.56 Å². The van der Waals surface area contributed by atoms with Crippen molar-refractivity contribution in [2.24, 2.45) is 0 Å². The van der Waals surface area contributed by atoms with E-state index in [2.05, 4.69) is 10.1 Å². The molecule has 0 bridgehead atoms. The first kappa shape index (κ1) is 17.5. The Morgan fingerprint density at radius 2 is 1.83 bits per heavy atom. The van der Waals surface area contributed by atoms with E-state index in [9.17, 15) is 9.18 Å². The van der Waals surface area contributed by atoms with E-state index >= 15 is 0 Å². The molecular weight excluding hydrogens is 387 g/mol. The van der Waals surface area contributed by atoms with Gasteiger partial charge in [-0.3, -0.25) is 9.36 Å². The van der Waals surface area contributed by atoms with Crippen molar-refractivity contribution < 1.29 is 4.39 Å². The van der Waals surface area contributed by atoms with Gasteiger partial charge < -0.3 is 0 Å². The van der Waals surface area contributed by atoms with Gasteiger partial charge in [0, 0.05) is 23.3 Å². The quantitative estimate of drug-likeness (QED) is 0.445. The molecule has 0 unspecified atom stereocenters. The standard InChI is InChI=1S/C22H15FN4OS/c23-17-6-4-16(5-7-17)19-13-29-21-20(19)22(28)26(14-24-21)12-15-2-8-18(9-3-15)27-11-1-10-25-27/h1-11,13-14H,12H2. The van der Waals surface area contributed by atoms with Gasteiger partial charge in [0.05, 0.1) is 23.9 Å². The predicted octanol–water partition coefficient (Wildman–Crippen LogP) is 4.50. The summed E-state index contributed by atoms with van der Waals surface area (Å²) in [5.74, 6) is -0.303. The first-order valence-electron chi connectivity index (χ1n) is 9.00. The molecule has 29 heavy (non-hydrogen) atoms. The van der Waals surface area contributed by atoms with Gasteiger partial charge in [-0.05, 0) is 41.5 Å². The van der Waals surface area contributed by atoms with Crippen molar-refractivity contribution in [2.45, 2.75) is 6.54 Å². The zero-order valence-electron chi connectivity index (χ0n) is 15.2. The molecule has 3 aromatic heterocycles. The van der Waals surface area contributed by atoms with Crippen LogP contribution in [0.1, 0.15) is 5.56 Å². The van der Waals surface area contributed by atoms with E-state index in [1.165, 1.54) is 23.5 Å². The van der Waals surface area contributed by atoms with Crippen LogP contribution in [0.3, 0.4) is 0 Å². The lowest BCUT2D eigenvalue weighted by Crippen LogP contribution is -2.21. The molecule has 142 valence electrons. The van der Waals surface area contributed by atoms with Crippen molar-refractivity contribution in [1.29, 1.82) is 0 Å². The zero-order chi connectivity index (χ0) is 19.8. The number of hydrogen-bond donors (Lipinski definition) is 0. The molecule has 0 saturated carbocycles. The Hall–Kier alpha value is -3.58. The normalized spacial score (nSPS) is 11.2. The summed E-state index contributed by atoms with van der Waals surface area (Å²) < 4.78 is 16.6. The van der Waals surface area contributed by atoms with Gasteiger partial charge in [0.15, 0.2) is 0 Å². The van der Waals surface area contributed by atoms with Crippen LogP contribution in [-0.2, 0) is 6.54 Å². The molecule has 0 aliphatic rings. The second-order valence-corrected chi connectivity index (χ2v) is 7.49. The molecular formula is C22H15FN4OS. The van der Waals surface area contributed by atoms with Gasteiger partial charge in [0.25, 0.3) is 5.56 Å². The lowest BCUT2D eigenvalue weighted by atomic mass is 10.1. The zero-order valence-corrected chi connectivity index (χ0v) is 16.0. The molecule has 0 aliphatic carbocycles. The maximum atomic E-state index is 13.3. The topological polar surface area (TPSA) is 52.7 Å². The van der Waals surface area contributed by atoms with Gasteiger partial charge in [-0.15, -0.1) is 11.3 Å². The highest BCUT2D eigenvalue weighted by Gasteiger charge is 2.13. The van der Waals surface area contributed by atoms with Crippen molar-refractivity contribution in [3.8, 4) is 16.8 Å². The summed E-state index contributed by atoms with van der Waals surface area (Å²) in [6.45, 7) is 0.417. The van der Waals surface area contributed by atoms with Crippen LogP contribution in [0.5, 0.6) is 0 Å². The molecule has 5 rings (SSSR count). The first-order valence-corrected chi connectivity index (χ1v) is 9.88. The van der Waals surface area contributed by atoms with Gasteiger partial charge in [0.1, 0.15) is 10.6 Å². The predicted molar refractivity (Wildman–Crippen MR) is 112 cm³/mol. The van der Waals surface area contributed by atoms with Crippen LogP contribution in [0, 0.1) is 5.82 Å². The number of benzene rings is 2. The molecule has 7 heteroatoms. The van der Waals surface area contributed by atoms with E-state index in [1.54, 1.807) is 33.9 Å². The summed E-state index contributed by atoms with van der Waals surface area (Å²) in [5.41, 5.74) is 3.43. The van der Waals surface area contributed by atoms with Gasteiger partial charge in [0.2, 0.25) is 0 Å². The van der Waals surface area contributed by atoms with E-state index in [4.69, 9.17) is 0 Å². The van der Waals surface area contributed by atoms with Crippen LogP contribution in [0.2, 0.25) is 0 Å². The van der Waals surface area contributed by atoms with Gasteiger partial charge in [-0.1, -0.05) is 24.3 Å². The SMILES string of the molecule is O=c1c2c(-c3ccc(F)cc3)csc2ncn1Cc1ccc(-n2cccn2)cc1. The summed E-state index contributed by atoms with van der Waals surface area (Å²) in [7, 11) is 0. The molecule has 0 radical (unpaired) electrons. The summed E-state index contributed by atoms with van der Waals surface area (Å²) in [6.07, 6.45) is 5.19. The Bertz CT molecular complexity index is 1340. The number of aromatic nitrogens is 4. The molecule has 5 nitrogen and oxygen atoms in total. The third-order valence-electron chi connectivity index (χ3n) is 4.77. The molecule has 3 heterocycles. The van der Waals surface area contributed by atoms with E-state index in [1.807, 2.05) is 41.9 Å². The first-order chi connectivity index (χ1) is 14.2. The molecule has 2 aromatic carbocycles. The summed E-state index contributed by atoms with van der Waals surface area (Å²) in [6, 6.07) is 15.9. The largest absolute Gasteiger partial charge is 0.294 e. The highest BCUT2D eigenvalue weighted by Crippen LogP contribution is 2.30.